The summed E-state index contributed by atoms with van der Waals surface area (Å²) in [6.07, 6.45) is 6.07. The molecule has 0 spiro atoms. The molecule has 14 heavy (non-hydrogen) atoms. The zero-order valence-corrected chi connectivity index (χ0v) is 7.87. The van der Waals surface area contributed by atoms with Gasteiger partial charge >= 0.3 is 0 Å². The number of pyridine rings is 1. The summed E-state index contributed by atoms with van der Waals surface area (Å²) in [5.74, 6) is -0.720. The van der Waals surface area contributed by atoms with E-state index >= 15 is 0 Å². The quantitative estimate of drug-likeness (QED) is 0.409. The summed E-state index contributed by atoms with van der Waals surface area (Å²) in [6, 6.07) is 1.41. The molecule has 0 unspecified atom stereocenters. The SMILES string of the molecule is C=CCCCC(=O)c1ccncc1F. The molecule has 0 amide bonds. The zero-order chi connectivity index (χ0) is 10.4. The molecular weight excluding hydrogens is 181 g/mol. The molecule has 1 rings (SSSR count). The minimum atomic E-state index is -0.545. The van der Waals surface area contributed by atoms with Gasteiger partial charge in [0.15, 0.2) is 11.6 Å². The fourth-order valence-electron chi connectivity index (χ4n) is 1.14. The van der Waals surface area contributed by atoms with Gasteiger partial charge in [-0.15, -0.1) is 6.58 Å². The molecule has 0 atom stereocenters. The van der Waals surface area contributed by atoms with Crippen molar-refractivity contribution >= 4 is 5.78 Å². The average Bonchev–Trinajstić information content (AvgIpc) is 2.18. The number of carbonyl (C=O) groups excluding carboxylic acids is 1. The van der Waals surface area contributed by atoms with Crippen molar-refractivity contribution in [3.63, 3.8) is 0 Å². The Morgan fingerprint density at radius 3 is 3.07 bits per heavy atom. The Bertz CT molecular complexity index is 336. The molecule has 1 heterocycles. The van der Waals surface area contributed by atoms with Crippen molar-refractivity contribution in [1.82, 2.24) is 4.98 Å². The van der Waals surface area contributed by atoms with E-state index in [-0.39, 0.29) is 11.3 Å². The van der Waals surface area contributed by atoms with Gasteiger partial charge in [-0.3, -0.25) is 9.78 Å². The fraction of sp³-hybridized carbons (Fsp3) is 0.273. The van der Waals surface area contributed by atoms with Gasteiger partial charge in [0.1, 0.15) is 0 Å². The second-order valence-electron chi connectivity index (χ2n) is 2.96. The third-order valence-electron chi connectivity index (χ3n) is 1.88. The molecule has 0 aromatic carbocycles. The van der Waals surface area contributed by atoms with E-state index in [2.05, 4.69) is 11.6 Å². The largest absolute Gasteiger partial charge is 0.294 e. The van der Waals surface area contributed by atoms with Crippen LogP contribution in [-0.4, -0.2) is 10.8 Å². The maximum atomic E-state index is 13.0. The number of carbonyl (C=O) groups is 1. The van der Waals surface area contributed by atoms with Gasteiger partial charge in [-0.05, 0) is 18.9 Å². The van der Waals surface area contributed by atoms with E-state index in [1.807, 2.05) is 0 Å². The molecular formula is C11H12FNO. The number of halogens is 1. The standard InChI is InChI=1S/C11H12FNO/c1-2-3-4-5-11(14)9-6-7-13-8-10(9)12/h2,6-8H,1,3-5H2. The Morgan fingerprint density at radius 1 is 1.64 bits per heavy atom. The highest BCUT2D eigenvalue weighted by atomic mass is 19.1. The summed E-state index contributed by atoms with van der Waals surface area (Å²) >= 11 is 0. The Kier molecular flexibility index (Phi) is 3.98. The molecule has 0 aliphatic rings. The van der Waals surface area contributed by atoms with Crippen LogP contribution < -0.4 is 0 Å². The summed E-state index contributed by atoms with van der Waals surface area (Å²) < 4.78 is 13.0. The van der Waals surface area contributed by atoms with Crippen LogP contribution in [0.1, 0.15) is 29.6 Å². The molecule has 0 aliphatic carbocycles. The second-order valence-corrected chi connectivity index (χ2v) is 2.96. The number of Topliss-reactive ketones (excluding diaryl/α,β-unsaturated/α-hetero) is 1. The molecule has 0 saturated heterocycles. The number of nitrogens with zero attached hydrogens (tertiary/aromatic N) is 1. The molecule has 1 aromatic heterocycles. The Balaban J connectivity index is 2.60. The summed E-state index contributed by atoms with van der Waals surface area (Å²) in [5, 5.41) is 0. The first-order valence-electron chi connectivity index (χ1n) is 4.49. The Labute approximate surface area is 82.5 Å². The van der Waals surface area contributed by atoms with E-state index < -0.39 is 5.82 Å². The highest BCUT2D eigenvalue weighted by Gasteiger charge is 2.09. The highest BCUT2D eigenvalue weighted by molar-refractivity contribution is 5.96. The van der Waals surface area contributed by atoms with Gasteiger partial charge in [-0.25, -0.2) is 4.39 Å². The van der Waals surface area contributed by atoms with Crippen LogP contribution in [-0.2, 0) is 0 Å². The maximum Gasteiger partial charge on any atom is 0.165 e. The topological polar surface area (TPSA) is 30.0 Å². The first-order chi connectivity index (χ1) is 6.75. The lowest BCUT2D eigenvalue weighted by Gasteiger charge is -2.00. The Morgan fingerprint density at radius 2 is 2.43 bits per heavy atom. The van der Waals surface area contributed by atoms with Gasteiger partial charge < -0.3 is 0 Å². The van der Waals surface area contributed by atoms with E-state index in [9.17, 15) is 9.18 Å². The molecule has 0 saturated carbocycles. The van der Waals surface area contributed by atoms with Crippen molar-refractivity contribution in [3.05, 3.63) is 42.5 Å². The normalized spacial score (nSPS) is 9.79. The summed E-state index contributed by atoms with van der Waals surface area (Å²) in [7, 11) is 0. The van der Waals surface area contributed by atoms with Crippen molar-refractivity contribution in [1.29, 1.82) is 0 Å². The van der Waals surface area contributed by atoms with Gasteiger partial charge in [0, 0.05) is 12.6 Å². The van der Waals surface area contributed by atoms with Gasteiger partial charge in [0.25, 0.3) is 0 Å². The lowest BCUT2D eigenvalue weighted by Crippen LogP contribution is -2.02. The molecule has 2 nitrogen and oxygen atoms in total. The predicted molar refractivity (Wildman–Crippen MR) is 52.6 cm³/mol. The van der Waals surface area contributed by atoms with Crippen LogP contribution in [0.4, 0.5) is 4.39 Å². The number of allylic oxidation sites excluding steroid dienone is 1. The van der Waals surface area contributed by atoms with Crippen LogP contribution in [0.5, 0.6) is 0 Å². The van der Waals surface area contributed by atoms with Crippen molar-refractivity contribution < 1.29 is 9.18 Å². The number of hydrogen-bond donors (Lipinski definition) is 0. The molecule has 3 heteroatoms. The molecule has 0 bridgehead atoms. The number of aromatic nitrogens is 1. The molecule has 1 aromatic rings. The van der Waals surface area contributed by atoms with Crippen molar-refractivity contribution in [2.45, 2.75) is 19.3 Å². The van der Waals surface area contributed by atoms with E-state index in [0.717, 1.165) is 12.6 Å². The van der Waals surface area contributed by atoms with E-state index in [1.165, 1.54) is 12.3 Å². The van der Waals surface area contributed by atoms with Crippen LogP contribution >= 0.6 is 0 Å². The van der Waals surface area contributed by atoms with Crippen molar-refractivity contribution in [2.24, 2.45) is 0 Å². The van der Waals surface area contributed by atoms with Gasteiger partial charge in [0.2, 0.25) is 0 Å². The fourth-order valence-corrected chi connectivity index (χ4v) is 1.14. The first-order valence-corrected chi connectivity index (χ1v) is 4.49. The van der Waals surface area contributed by atoms with Crippen LogP contribution in [0.3, 0.4) is 0 Å². The van der Waals surface area contributed by atoms with Crippen molar-refractivity contribution in [3.8, 4) is 0 Å². The summed E-state index contributed by atoms with van der Waals surface area (Å²) in [4.78, 5) is 15.0. The third kappa shape index (κ3) is 2.76. The molecule has 0 aliphatic heterocycles. The molecule has 0 fully saturated rings. The average molecular weight is 193 g/mol. The number of hydrogen-bond acceptors (Lipinski definition) is 2. The zero-order valence-electron chi connectivity index (χ0n) is 7.87. The van der Waals surface area contributed by atoms with E-state index in [4.69, 9.17) is 0 Å². The smallest absolute Gasteiger partial charge is 0.165 e. The van der Waals surface area contributed by atoms with Gasteiger partial charge in [-0.2, -0.15) is 0 Å². The number of ketones is 1. The molecule has 0 radical (unpaired) electrons. The van der Waals surface area contributed by atoms with Crippen molar-refractivity contribution in [2.75, 3.05) is 0 Å². The minimum absolute atomic E-state index is 0.129. The van der Waals surface area contributed by atoms with Gasteiger partial charge in [0.05, 0.1) is 11.8 Å². The van der Waals surface area contributed by atoms with Crippen LogP contribution in [0.25, 0.3) is 0 Å². The lowest BCUT2D eigenvalue weighted by molar-refractivity contribution is 0.0976. The molecule has 0 N–H and O–H groups in total. The first kappa shape index (κ1) is 10.6. The van der Waals surface area contributed by atoms with E-state index in [0.29, 0.717) is 12.8 Å². The minimum Gasteiger partial charge on any atom is -0.294 e. The maximum absolute atomic E-state index is 13.0. The van der Waals surface area contributed by atoms with Crippen LogP contribution in [0.15, 0.2) is 31.1 Å². The van der Waals surface area contributed by atoms with E-state index in [1.54, 1.807) is 6.08 Å². The van der Waals surface area contributed by atoms with Crippen LogP contribution in [0, 0.1) is 5.82 Å². The third-order valence-corrected chi connectivity index (χ3v) is 1.88. The number of unbranched alkanes of at least 4 members (excludes halogenated alkanes) is 1. The van der Waals surface area contributed by atoms with Crippen LogP contribution in [0.2, 0.25) is 0 Å². The van der Waals surface area contributed by atoms with Gasteiger partial charge in [-0.1, -0.05) is 6.08 Å². The Hall–Kier alpha value is -1.51. The molecule has 74 valence electrons. The number of rotatable bonds is 5. The summed E-state index contributed by atoms with van der Waals surface area (Å²) in [5.41, 5.74) is 0.129. The monoisotopic (exact) mass is 193 g/mol. The highest BCUT2D eigenvalue weighted by Crippen LogP contribution is 2.09. The predicted octanol–water partition coefficient (Wildman–Crippen LogP) is 2.76. The summed E-state index contributed by atoms with van der Waals surface area (Å²) in [6.45, 7) is 3.55. The lowest BCUT2D eigenvalue weighted by atomic mass is 10.1. The second kappa shape index (κ2) is 5.27.